The first-order valence-corrected chi connectivity index (χ1v) is 7.17. The number of hydrogen-bond donors (Lipinski definition) is 3. The van der Waals surface area contributed by atoms with Gasteiger partial charge in [-0.3, -0.25) is 0 Å². The van der Waals surface area contributed by atoms with Crippen LogP contribution in [0, 0.1) is 6.92 Å². The molecule has 2 amide bonds. The van der Waals surface area contributed by atoms with E-state index >= 15 is 0 Å². The summed E-state index contributed by atoms with van der Waals surface area (Å²) in [5.74, 6) is -1.11. The monoisotopic (exact) mass is 305 g/mol. The summed E-state index contributed by atoms with van der Waals surface area (Å²) < 4.78 is 0. The second-order valence-electron chi connectivity index (χ2n) is 4.37. The Labute approximate surface area is 125 Å². The number of aryl methyl sites for hydroxylation is 1. The minimum Gasteiger partial charge on any atom is -0.479 e. The van der Waals surface area contributed by atoms with Crippen molar-refractivity contribution in [2.45, 2.75) is 19.5 Å². The lowest BCUT2D eigenvalue weighted by molar-refractivity contribution is -0.139. The molecule has 1 atom stereocenters. The fourth-order valence-corrected chi connectivity index (χ4v) is 2.39. The summed E-state index contributed by atoms with van der Waals surface area (Å²) in [4.78, 5) is 27.3. The summed E-state index contributed by atoms with van der Waals surface area (Å²) >= 11 is 1.49. The Morgan fingerprint density at radius 3 is 2.62 bits per heavy atom. The molecule has 0 radical (unpaired) electrons. The lowest BCUT2D eigenvalue weighted by Gasteiger charge is -2.15. The number of carbonyl (C=O) groups excluding carboxylic acids is 1. The molecule has 110 valence electrons. The van der Waals surface area contributed by atoms with Crippen molar-refractivity contribution in [3.8, 4) is 0 Å². The molecule has 1 aromatic carbocycles. The maximum atomic E-state index is 11.8. The minimum atomic E-state index is -1.11. The Morgan fingerprint density at radius 1 is 1.33 bits per heavy atom. The van der Waals surface area contributed by atoms with Crippen molar-refractivity contribution < 1.29 is 14.7 Å². The third kappa shape index (κ3) is 4.28. The summed E-state index contributed by atoms with van der Waals surface area (Å²) in [6.07, 6.45) is 0. The van der Waals surface area contributed by atoms with Gasteiger partial charge in [0, 0.05) is 5.38 Å². The van der Waals surface area contributed by atoms with Crippen molar-refractivity contribution in [2.75, 3.05) is 0 Å². The number of hydrogen-bond acceptors (Lipinski definition) is 4. The molecule has 1 aromatic heterocycles. The largest absolute Gasteiger partial charge is 0.479 e. The standard InChI is InChI=1S/C14H15N3O3S/c1-9-16-11(8-21-9)7-15-14(20)17-12(13(18)19)10-5-3-2-4-6-10/h2-6,8,12H,7H2,1H3,(H,18,19)(H2,15,17,20). The average Bonchev–Trinajstić information content (AvgIpc) is 2.89. The molecule has 3 N–H and O–H groups in total. The molecule has 0 spiro atoms. The quantitative estimate of drug-likeness (QED) is 0.788. The number of aliphatic carboxylic acids is 1. The predicted octanol–water partition coefficient (Wildman–Crippen LogP) is 2.08. The van der Waals surface area contributed by atoms with Gasteiger partial charge < -0.3 is 15.7 Å². The lowest BCUT2D eigenvalue weighted by Crippen LogP contribution is -2.40. The number of thiazole rings is 1. The van der Waals surface area contributed by atoms with Crippen LogP contribution in [0.25, 0.3) is 0 Å². The van der Waals surface area contributed by atoms with Crippen LogP contribution < -0.4 is 10.6 Å². The van der Waals surface area contributed by atoms with E-state index in [4.69, 9.17) is 0 Å². The first-order chi connectivity index (χ1) is 10.1. The fraction of sp³-hybridized carbons (Fsp3) is 0.214. The first-order valence-electron chi connectivity index (χ1n) is 6.29. The number of amides is 2. The van der Waals surface area contributed by atoms with E-state index in [1.807, 2.05) is 12.3 Å². The van der Waals surface area contributed by atoms with Crippen molar-refractivity contribution >= 4 is 23.3 Å². The van der Waals surface area contributed by atoms with E-state index < -0.39 is 18.0 Å². The van der Waals surface area contributed by atoms with Gasteiger partial charge in [0.1, 0.15) is 0 Å². The van der Waals surface area contributed by atoms with E-state index in [0.29, 0.717) is 5.56 Å². The SMILES string of the molecule is Cc1nc(CNC(=O)NC(C(=O)O)c2ccccc2)cs1. The van der Waals surface area contributed by atoms with Crippen LogP contribution in [0.3, 0.4) is 0 Å². The Hall–Kier alpha value is -2.41. The van der Waals surface area contributed by atoms with E-state index in [9.17, 15) is 14.7 Å². The Morgan fingerprint density at radius 2 is 2.05 bits per heavy atom. The van der Waals surface area contributed by atoms with Crippen molar-refractivity contribution in [2.24, 2.45) is 0 Å². The Kier molecular flexibility index (Phi) is 4.89. The minimum absolute atomic E-state index is 0.261. The Balaban J connectivity index is 1.94. The predicted molar refractivity (Wildman–Crippen MR) is 79.0 cm³/mol. The van der Waals surface area contributed by atoms with Gasteiger partial charge in [-0.2, -0.15) is 0 Å². The highest BCUT2D eigenvalue weighted by atomic mass is 32.1. The topological polar surface area (TPSA) is 91.3 Å². The van der Waals surface area contributed by atoms with Crippen LogP contribution >= 0.6 is 11.3 Å². The highest BCUT2D eigenvalue weighted by Gasteiger charge is 2.21. The molecular weight excluding hydrogens is 290 g/mol. The molecule has 0 saturated carbocycles. The first kappa shape index (κ1) is 15.0. The van der Waals surface area contributed by atoms with Crippen molar-refractivity contribution in [3.63, 3.8) is 0 Å². The molecule has 0 aliphatic carbocycles. The van der Waals surface area contributed by atoms with E-state index in [0.717, 1.165) is 10.7 Å². The molecule has 1 heterocycles. The fourth-order valence-electron chi connectivity index (χ4n) is 1.78. The Bertz CT molecular complexity index is 627. The van der Waals surface area contributed by atoms with Crippen molar-refractivity contribution in [3.05, 3.63) is 52.0 Å². The second-order valence-corrected chi connectivity index (χ2v) is 5.43. The van der Waals surface area contributed by atoms with Crippen LogP contribution in [0.5, 0.6) is 0 Å². The van der Waals surface area contributed by atoms with E-state index in [1.54, 1.807) is 30.3 Å². The van der Waals surface area contributed by atoms with Gasteiger partial charge in [0.05, 0.1) is 17.2 Å². The number of rotatable bonds is 5. The molecule has 2 aromatic rings. The van der Waals surface area contributed by atoms with Crippen molar-refractivity contribution in [1.29, 1.82) is 0 Å². The van der Waals surface area contributed by atoms with Gasteiger partial charge >= 0.3 is 12.0 Å². The zero-order valence-electron chi connectivity index (χ0n) is 11.4. The zero-order chi connectivity index (χ0) is 15.2. The average molecular weight is 305 g/mol. The number of carboxylic acid groups (broad SMARTS) is 1. The van der Waals surface area contributed by atoms with Crippen LogP contribution in [0.1, 0.15) is 22.3 Å². The molecular formula is C14H15N3O3S. The molecule has 21 heavy (non-hydrogen) atoms. The molecule has 6 nitrogen and oxygen atoms in total. The molecule has 1 unspecified atom stereocenters. The highest BCUT2D eigenvalue weighted by molar-refractivity contribution is 7.09. The molecule has 2 rings (SSSR count). The van der Waals surface area contributed by atoms with Crippen LogP contribution in [0.4, 0.5) is 4.79 Å². The van der Waals surface area contributed by atoms with Crippen molar-refractivity contribution in [1.82, 2.24) is 15.6 Å². The van der Waals surface area contributed by atoms with E-state index in [1.165, 1.54) is 11.3 Å². The number of nitrogens with zero attached hydrogens (tertiary/aromatic N) is 1. The smallest absolute Gasteiger partial charge is 0.330 e. The molecule has 0 aliphatic heterocycles. The van der Waals surface area contributed by atoms with Gasteiger partial charge in [-0.25, -0.2) is 14.6 Å². The van der Waals surface area contributed by atoms with Gasteiger partial charge in [0.25, 0.3) is 0 Å². The molecule has 7 heteroatoms. The number of carboxylic acids is 1. The molecule has 0 fully saturated rings. The zero-order valence-corrected chi connectivity index (χ0v) is 12.2. The van der Waals surface area contributed by atoms with Crippen LogP contribution in [0.15, 0.2) is 35.7 Å². The number of carbonyl (C=O) groups is 2. The summed E-state index contributed by atoms with van der Waals surface area (Å²) in [6, 6.07) is 6.92. The molecule has 0 bridgehead atoms. The molecule has 0 saturated heterocycles. The van der Waals surface area contributed by atoms with Crippen LogP contribution in [-0.2, 0) is 11.3 Å². The highest BCUT2D eigenvalue weighted by Crippen LogP contribution is 2.12. The van der Waals surface area contributed by atoms with Gasteiger partial charge in [-0.05, 0) is 12.5 Å². The summed E-state index contributed by atoms with van der Waals surface area (Å²) in [6.45, 7) is 2.14. The molecule has 0 aliphatic rings. The van der Waals surface area contributed by atoms with Gasteiger partial charge in [-0.1, -0.05) is 30.3 Å². The lowest BCUT2D eigenvalue weighted by atomic mass is 10.1. The van der Waals surface area contributed by atoms with Crippen LogP contribution in [0.2, 0.25) is 0 Å². The summed E-state index contributed by atoms with van der Waals surface area (Å²) in [7, 11) is 0. The third-order valence-electron chi connectivity index (χ3n) is 2.75. The number of urea groups is 1. The van der Waals surface area contributed by atoms with Gasteiger partial charge in [-0.15, -0.1) is 11.3 Å². The van der Waals surface area contributed by atoms with Gasteiger partial charge in [0.15, 0.2) is 6.04 Å². The maximum Gasteiger partial charge on any atom is 0.330 e. The third-order valence-corrected chi connectivity index (χ3v) is 3.57. The van der Waals surface area contributed by atoms with E-state index in [2.05, 4.69) is 15.6 Å². The van der Waals surface area contributed by atoms with E-state index in [-0.39, 0.29) is 6.54 Å². The maximum absolute atomic E-state index is 11.8. The number of nitrogens with one attached hydrogen (secondary N) is 2. The normalized spacial score (nSPS) is 11.7. The summed E-state index contributed by atoms with van der Waals surface area (Å²) in [5, 5.41) is 17.0. The second kappa shape index (κ2) is 6.85. The number of aromatic nitrogens is 1. The summed E-state index contributed by atoms with van der Waals surface area (Å²) in [5.41, 5.74) is 1.27. The van der Waals surface area contributed by atoms with Crippen LogP contribution in [-0.4, -0.2) is 22.1 Å². The van der Waals surface area contributed by atoms with Gasteiger partial charge in [0.2, 0.25) is 0 Å². The number of benzene rings is 1.